The van der Waals surface area contributed by atoms with Crippen LogP contribution in [0, 0.1) is 0 Å². The summed E-state index contributed by atoms with van der Waals surface area (Å²) >= 11 is 0. The molecule has 0 spiro atoms. The second kappa shape index (κ2) is 7.90. The number of rotatable bonds is 6. The first kappa shape index (κ1) is 20.9. The molecule has 1 aromatic carbocycles. The number of fused-ring (bicyclic) bond motifs is 2. The van der Waals surface area contributed by atoms with Gasteiger partial charge in [0.1, 0.15) is 0 Å². The minimum Gasteiger partial charge on any atom is -0.307 e. The van der Waals surface area contributed by atoms with Gasteiger partial charge in [-0.2, -0.15) is 13.2 Å². The Morgan fingerprint density at radius 3 is 2.21 bits per heavy atom. The molecule has 28 heavy (non-hydrogen) atoms. The molecule has 2 aliphatic carbocycles. The molecule has 2 amide bonds. The summed E-state index contributed by atoms with van der Waals surface area (Å²) in [6.45, 7) is 0.0258. The van der Waals surface area contributed by atoms with Crippen molar-refractivity contribution in [2.75, 3.05) is 17.6 Å². The predicted octanol–water partition coefficient (Wildman–Crippen LogP) is 2.66. The van der Waals surface area contributed by atoms with E-state index in [0.29, 0.717) is 5.69 Å². The van der Waals surface area contributed by atoms with E-state index in [1.807, 2.05) is 4.72 Å². The zero-order valence-electron chi connectivity index (χ0n) is 15.6. The van der Waals surface area contributed by atoms with E-state index in [4.69, 9.17) is 0 Å². The van der Waals surface area contributed by atoms with Crippen LogP contribution in [0.25, 0.3) is 0 Å². The van der Waals surface area contributed by atoms with Crippen LogP contribution < -0.4 is 15.4 Å². The van der Waals surface area contributed by atoms with Gasteiger partial charge in [-0.25, -0.2) is 17.9 Å². The highest BCUT2D eigenvalue weighted by atomic mass is 32.2. The smallest absolute Gasteiger partial charge is 0.307 e. The molecule has 10 heteroatoms. The number of anilines is 1. The molecule has 0 aliphatic heterocycles. The van der Waals surface area contributed by atoms with E-state index in [1.54, 1.807) is 0 Å². The Hall–Kier alpha value is -1.81. The van der Waals surface area contributed by atoms with Crippen molar-refractivity contribution in [1.82, 2.24) is 10.0 Å². The van der Waals surface area contributed by atoms with Gasteiger partial charge in [-0.3, -0.25) is 0 Å². The number of carbonyl (C=O) groups is 1. The van der Waals surface area contributed by atoms with Gasteiger partial charge < -0.3 is 10.6 Å². The number of amides is 2. The number of alkyl halides is 3. The maximum atomic E-state index is 12.3. The van der Waals surface area contributed by atoms with Gasteiger partial charge in [-0.05, 0) is 67.7 Å². The van der Waals surface area contributed by atoms with Crippen LogP contribution in [0.1, 0.15) is 42.0 Å². The van der Waals surface area contributed by atoms with Crippen LogP contribution in [0.4, 0.5) is 23.7 Å². The van der Waals surface area contributed by atoms with Crippen molar-refractivity contribution < 1.29 is 26.4 Å². The Balaban J connectivity index is 1.65. The average Bonchev–Trinajstić information content (AvgIpc) is 3.19. The molecule has 1 unspecified atom stereocenters. The lowest BCUT2D eigenvalue weighted by Gasteiger charge is -2.18. The summed E-state index contributed by atoms with van der Waals surface area (Å²) in [5, 5.41) is 4.79. The first-order valence-corrected chi connectivity index (χ1v) is 11.0. The SMILES string of the molecule is CC(CS(=O)(=O)NC(=O)Nc1c2c(cc3c1CCC3)CCC2)NCC(F)(F)F. The topological polar surface area (TPSA) is 87.3 Å². The number of halogens is 3. The lowest BCUT2D eigenvalue weighted by molar-refractivity contribution is -0.125. The molecular weight excluding hydrogens is 395 g/mol. The van der Waals surface area contributed by atoms with Crippen molar-refractivity contribution in [2.24, 2.45) is 0 Å². The van der Waals surface area contributed by atoms with Crippen LogP contribution in [-0.2, 0) is 35.7 Å². The zero-order valence-corrected chi connectivity index (χ0v) is 16.4. The summed E-state index contributed by atoms with van der Waals surface area (Å²) in [4.78, 5) is 12.3. The molecule has 0 heterocycles. The highest BCUT2D eigenvalue weighted by Crippen LogP contribution is 2.38. The molecule has 1 aromatic rings. The molecule has 0 fully saturated rings. The van der Waals surface area contributed by atoms with Crippen LogP contribution in [-0.4, -0.2) is 39.0 Å². The maximum Gasteiger partial charge on any atom is 0.401 e. The van der Waals surface area contributed by atoms with E-state index in [9.17, 15) is 26.4 Å². The number of carbonyl (C=O) groups excluding carboxylic acids is 1. The molecule has 0 aromatic heterocycles. The predicted molar refractivity (Wildman–Crippen MR) is 100.0 cm³/mol. The summed E-state index contributed by atoms with van der Waals surface area (Å²) in [5.41, 5.74) is 5.23. The fourth-order valence-corrected chi connectivity index (χ4v) is 5.16. The quantitative estimate of drug-likeness (QED) is 0.662. The number of aryl methyl sites for hydroxylation is 2. The minimum atomic E-state index is -4.43. The van der Waals surface area contributed by atoms with Crippen LogP contribution in [0.15, 0.2) is 6.07 Å². The molecule has 1 atom stereocenters. The van der Waals surface area contributed by atoms with Crippen LogP contribution in [0.2, 0.25) is 0 Å². The Morgan fingerprint density at radius 1 is 1.11 bits per heavy atom. The van der Waals surface area contributed by atoms with Gasteiger partial charge in [0.05, 0.1) is 12.3 Å². The van der Waals surface area contributed by atoms with E-state index in [0.717, 1.165) is 49.7 Å². The van der Waals surface area contributed by atoms with Crippen LogP contribution >= 0.6 is 0 Å². The summed E-state index contributed by atoms with van der Waals surface area (Å²) in [6, 6.07) is 0.355. The Bertz CT molecular complexity index is 837. The van der Waals surface area contributed by atoms with Gasteiger partial charge in [-0.15, -0.1) is 0 Å². The van der Waals surface area contributed by atoms with Crippen LogP contribution in [0.5, 0.6) is 0 Å². The van der Waals surface area contributed by atoms with Gasteiger partial charge in [0.25, 0.3) is 0 Å². The molecule has 6 nitrogen and oxygen atoms in total. The third-order valence-corrected chi connectivity index (χ3v) is 6.52. The molecule has 0 saturated carbocycles. The average molecular weight is 419 g/mol. The van der Waals surface area contributed by atoms with E-state index in [2.05, 4.69) is 16.7 Å². The van der Waals surface area contributed by atoms with E-state index in [-0.39, 0.29) is 0 Å². The van der Waals surface area contributed by atoms with Crippen molar-refractivity contribution in [1.29, 1.82) is 0 Å². The number of nitrogens with one attached hydrogen (secondary N) is 3. The minimum absolute atomic E-state index is 0.637. The van der Waals surface area contributed by atoms with Crippen molar-refractivity contribution in [3.05, 3.63) is 28.3 Å². The summed E-state index contributed by atoms with van der Waals surface area (Å²) in [6.07, 6.45) is 1.12. The summed E-state index contributed by atoms with van der Waals surface area (Å²) in [7, 11) is -4.09. The van der Waals surface area contributed by atoms with Crippen LogP contribution in [0.3, 0.4) is 0 Å². The molecule has 0 bridgehead atoms. The van der Waals surface area contributed by atoms with Crippen molar-refractivity contribution in [2.45, 2.75) is 57.7 Å². The molecule has 3 N–H and O–H groups in total. The maximum absolute atomic E-state index is 12.3. The highest BCUT2D eigenvalue weighted by Gasteiger charge is 2.29. The number of hydrogen-bond acceptors (Lipinski definition) is 4. The summed E-state index contributed by atoms with van der Waals surface area (Å²) in [5.74, 6) is -0.637. The van der Waals surface area contributed by atoms with E-state index < -0.39 is 40.6 Å². The van der Waals surface area contributed by atoms with E-state index in [1.165, 1.54) is 18.1 Å². The molecular formula is C18H24F3N3O3S. The standard InChI is InChI=1S/C18H24F3N3O3S/c1-11(22-10-18(19,20)21)9-28(26,27)24-17(25)23-16-14-6-2-4-12(14)8-13-5-3-7-15(13)16/h8,11,22H,2-7,9-10H2,1H3,(H2,23,24,25). The summed E-state index contributed by atoms with van der Waals surface area (Å²) < 4.78 is 62.9. The number of sulfonamides is 1. The third-order valence-electron chi connectivity index (χ3n) is 5.08. The Labute approximate surface area is 162 Å². The molecule has 0 radical (unpaired) electrons. The molecule has 0 saturated heterocycles. The van der Waals surface area contributed by atoms with Crippen molar-refractivity contribution >= 4 is 21.7 Å². The van der Waals surface area contributed by atoms with Gasteiger partial charge in [0.15, 0.2) is 0 Å². The van der Waals surface area contributed by atoms with E-state index >= 15 is 0 Å². The second-order valence-electron chi connectivity index (χ2n) is 7.47. The Kier molecular flexibility index (Phi) is 5.90. The fraction of sp³-hybridized carbons (Fsp3) is 0.611. The number of hydrogen-bond donors (Lipinski definition) is 3. The lowest BCUT2D eigenvalue weighted by Crippen LogP contribution is -2.44. The van der Waals surface area contributed by atoms with Gasteiger partial charge in [0.2, 0.25) is 10.0 Å². The number of urea groups is 1. The monoisotopic (exact) mass is 419 g/mol. The first-order valence-electron chi connectivity index (χ1n) is 9.32. The first-order chi connectivity index (χ1) is 13.0. The zero-order chi connectivity index (χ0) is 20.5. The van der Waals surface area contributed by atoms with Gasteiger partial charge >= 0.3 is 12.2 Å². The van der Waals surface area contributed by atoms with Gasteiger partial charge in [-0.1, -0.05) is 6.07 Å². The van der Waals surface area contributed by atoms with Crippen molar-refractivity contribution in [3.8, 4) is 0 Å². The van der Waals surface area contributed by atoms with Crippen molar-refractivity contribution in [3.63, 3.8) is 0 Å². The number of benzene rings is 1. The molecule has 2 aliphatic rings. The second-order valence-corrected chi connectivity index (χ2v) is 9.24. The van der Waals surface area contributed by atoms with Gasteiger partial charge in [0, 0.05) is 11.7 Å². The molecule has 156 valence electrons. The normalized spacial score (nSPS) is 17.1. The third kappa shape index (κ3) is 5.16. The largest absolute Gasteiger partial charge is 0.401 e. The lowest BCUT2D eigenvalue weighted by atomic mass is 9.99. The Morgan fingerprint density at radius 2 is 1.68 bits per heavy atom. The fourth-order valence-electron chi connectivity index (χ4n) is 3.97. The molecule has 3 rings (SSSR count). The highest BCUT2D eigenvalue weighted by molar-refractivity contribution is 7.90.